The number of pyridine rings is 2. The van der Waals surface area contributed by atoms with Crippen molar-refractivity contribution < 1.29 is 9.47 Å². The summed E-state index contributed by atoms with van der Waals surface area (Å²) in [7, 11) is 0. The van der Waals surface area contributed by atoms with Gasteiger partial charge in [-0.2, -0.15) is 0 Å². The molecular formula is C18H14N2O2. The Balaban J connectivity index is 1.83. The van der Waals surface area contributed by atoms with Crippen molar-refractivity contribution >= 4 is 11.0 Å². The van der Waals surface area contributed by atoms with Crippen LogP contribution >= 0.6 is 0 Å². The maximum atomic E-state index is 5.53. The molecule has 2 aliphatic rings. The van der Waals surface area contributed by atoms with E-state index >= 15 is 0 Å². The third-order valence-corrected chi connectivity index (χ3v) is 4.43. The number of aryl methyl sites for hydroxylation is 1. The molecule has 0 N–H and O–H groups in total. The Kier molecular flexibility index (Phi) is 2.41. The zero-order valence-electron chi connectivity index (χ0n) is 12.0. The molecule has 1 aliphatic heterocycles. The first-order chi connectivity index (χ1) is 10.9. The predicted molar refractivity (Wildman–Crippen MR) is 83.1 cm³/mol. The highest BCUT2D eigenvalue weighted by atomic mass is 16.7. The van der Waals surface area contributed by atoms with Crippen molar-refractivity contribution in [1.29, 1.82) is 0 Å². The van der Waals surface area contributed by atoms with Gasteiger partial charge < -0.3 is 9.47 Å². The third kappa shape index (κ3) is 1.64. The normalized spacial score (nSPS) is 15.3. The van der Waals surface area contributed by atoms with Crippen LogP contribution in [0.1, 0.15) is 17.7 Å². The number of benzene rings is 1. The maximum absolute atomic E-state index is 5.53. The Morgan fingerprint density at radius 2 is 1.95 bits per heavy atom. The van der Waals surface area contributed by atoms with Gasteiger partial charge in [-0.25, -0.2) is 0 Å². The van der Waals surface area contributed by atoms with Gasteiger partial charge in [0, 0.05) is 17.5 Å². The van der Waals surface area contributed by atoms with Crippen LogP contribution in [0.3, 0.4) is 0 Å². The molecule has 2 aromatic heterocycles. The summed E-state index contributed by atoms with van der Waals surface area (Å²) in [4.78, 5) is 9.39. The number of fused-ring (bicyclic) bond motifs is 3. The van der Waals surface area contributed by atoms with Gasteiger partial charge in [0.25, 0.3) is 0 Å². The number of rotatable bonds is 1. The second kappa shape index (κ2) is 4.44. The standard InChI is InChI=1S/C18H14N2O2/c1-3-12-13(4-1)20-14-5-2-8-19-18(14)17(12)11-6-7-15-16(9-11)22-10-21-15/h2,5-9H,1,3-4,10H2. The molecule has 3 heterocycles. The number of aromatic nitrogens is 2. The summed E-state index contributed by atoms with van der Waals surface area (Å²) < 4.78 is 11.0. The van der Waals surface area contributed by atoms with Crippen LogP contribution in [0.15, 0.2) is 36.5 Å². The molecule has 0 radical (unpaired) electrons. The highest BCUT2D eigenvalue weighted by Gasteiger charge is 2.23. The van der Waals surface area contributed by atoms with Gasteiger partial charge in [0.05, 0.1) is 11.0 Å². The smallest absolute Gasteiger partial charge is 0.231 e. The molecule has 1 aliphatic carbocycles. The lowest BCUT2D eigenvalue weighted by molar-refractivity contribution is 0.174. The molecule has 4 heteroatoms. The Labute approximate surface area is 127 Å². The topological polar surface area (TPSA) is 44.2 Å². The minimum absolute atomic E-state index is 0.298. The molecule has 22 heavy (non-hydrogen) atoms. The van der Waals surface area contributed by atoms with Crippen molar-refractivity contribution in [3.8, 4) is 22.6 Å². The van der Waals surface area contributed by atoms with Gasteiger partial charge in [0.2, 0.25) is 6.79 Å². The molecule has 0 atom stereocenters. The molecule has 0 bridgehead atoms. The van der Waals surface area contributed by atoms with Gasteiger partial charge in [-0.1, -0.05) is 6.07 Å². The quantitative estimate of drug-likeness (QED) is 0.688. The SMILES string of the molecule is c1cnc2c(-c3ccc4c(c3)OCO4)c3c(nc2c1)CCC3. The van der Waals surface area contributed by atoms with E-state index in [-0.39, 0.29) is 0 Å². The van der Waals surface area contributed by atoms with E-state index < -0.39 is 0 Å². The molecule has 108 valence electrons. The van der Waals surface area contributed by atoms with E-state index in [9.17, 15) is 0 Å². The molecule has 1 aromatic carbocycles. The van der Waals surface area contributed by atoms with Crippen LogP contribution in [-0.2, 0) is 12.8 Å². The van der Waals surface area contributed by atoms with Crippen molar-refractivity contribution in [2.45, 2.75) is 19.3 Å². The lowest BCUT2D eigenvalue weighted by Crippen LogP contribution is -1.97. The Bertz CT molecular complexity index is 905. The summed E-state index contributed by atoms with van der Waals surface area (Å²) in [5.74, 6) is 1.62. The first-order valence-corrected chi connectivity index (χ1v) is 7.57. The van der Waals surface area contributed by atoms with Gasteiger partial charge in [-0.3, -0.25) is 9.97 Å². The summed E-state index contributed by atoms with van der Waals surface area (Å²) in [5, 5.41) is 0. The van der Waals surface area contributed by atoms with Crippen LogP contribution in [0, 0.1) is 0 Å². The van der Waals surface area contributed by atoms with Gasteiger partial charge >= 0.3 is 0 Å². The molecule has 0 saturated heterocycles. The lowest BCUT2D eigenvalue weighted by Gasteiger charge is -2.12. The molecule has 0 fully saturated rings. The summed E-state index contributed by atoms with van der Waals surface area (Å²) in [6.45, 7) is 0.298. The minimum atomic E-state index is 0.298. The van der Waals surface area contributed by atoms with Gasteiger partial charge in [-0.15, -0.1) is 0 Å². The van der Waals surface area contributed by atoms with Crippen molar-refractivity contribution in [3.05, 3.63) is 47.8 Å². The highest BCUT2D eigenvalue weighted by molar-refractivity contribution is 5.94. The number of ether oxygens (including phenoxy) is 2. The van der Waals surface area contributed by atoms with Gasteiger partial charge in [-0.05, 0) is 54.7 Å². The van der Waals surface area contributed by atoms with E-state index in [0.717, 1.165) is 47.4 Å². The number of hydrogen-bond donors (Lipinski definition) is 0. The van der Waals surface area contributed by atoms with E-state index in [4.69, 9.17) is 14.5 Å². The van der Waals surface area contributed by atoms with E-state index in [0.29, 0.717) is 6.79 Å². The van der Waals surface area contributed by atoms with Crippen LogP contribution in [0.25, 0.3) is 22.2 Å². The maximum Gasteiger partial charge on any atom is 0.231 e. The fraction of sp³-hybridized carbons (Fsp3) is 0.222. The summed E-state index contributed by atoms with van der Waals surface area (Å²) in [6.07, 6.45) is 5.12. The highest BCUT2D eigenvalue weighted by Crippen LogP contribution is 2.41. The second-order valence-corrected chi connectivity index (χ2v) is 5.70. The zero-order chi connectivity index (χ0) is 14.5. The van der Waals surface area contributed by atoms with E-state index in [2.05, 4.69) is 17.1 Å². The summed E-state index contributed by atoms with van der Waals surface area (Å²) in [6, 6.07) is 10.1. The zero-order valence-corrected chi connectivity index (χ0v) is 12.0. The van der Waals surface area contributed by atoms with Crippen molar-refractivity contribution in [3.63, 3.8) is 0 Å². The Hall–Kier alpha value is -2.62. The number of hydrogen-bond acceptors (Lipinski definition) is 4. The summed E-state index contributed by atoms with van der Waals surface area (Å²) in [5.41, 5.74) is 6.83. The molecule has 0 unspecified atom stereocenters. The molecule has 0 amide bonds. The number of nitrogens with zero attached hydrogens (tertiary/aromatic N) is 2. The Morgan fingerprint density at radius 3 is 2.95 bits per heavy atom. The van der Waals surface area contributed by atoms with E-state index in [1.165, 1.54) is 16.8 Å². The van der Waals surface area contributed by atoms with Gasteiger partial charge in [0.15, 0.2) is 11.5 Å². The first kappa shape index (κ1) is 12.0. The molecule has 5 rings (SSSR count). The molecule has 0 spiro atoms. The Morgan fingerprint density at radius 1 is 1.00 bits per heavy atom. The fourth-order valence-corrected chi connectivity index (χ4v) is 3.45. The molecule has 0 saturated carbocycles. The van der Waals surface area contributed by atoms with Crippen LogP contribution in [0.4, 0.5) is 0 Å². The minimum Gasteiger partial charge on any atom is -0.454 e. The average molecular weight is 290 g/mol. The lowest BCUT2D eigenvalue weighted by atomic mass is 9.97. The second-order valence-electron chi connectivity index (χ2n) is 5.70. The predicted octanol–water partition coefficient (Wildman–Crippen LogP) is 3.51. The third-order valence-electron chi connectivity index (χ3n) is 4.43. The fourth-order valence-electron chi connectivity index (χ4n) is 3.45. The van der Waals surface area contributed by atoms with Crippen molar-refractivity contribution in [2.24, 2.45) is 0 Å². The van der Waals surface area contributed by atoms with Crippen LogP contribution in [0.5, 0.6) is 11.5 Å². The largest absolute Gasteiger partial charge is 0.454 e. The van der Waals surface area contributed by atoms with Crippen molar-refractivity contribution in [1.82, 2.24) is 9.97 Å². The molecule has 3 aromatic rings. The van der Waals surface area contributed by atoms with Crippen LogP contribution in [0.2, 0.25) is 0 Å². The monoisotopic (exact) mass is 290 g/mol. The first-order valence-electron chi connectivity index (χ1n) is 7.57. The summed E-state index contributed by atoms with van der Waals surface area (Å²) >= 11 is 0. The van der Waals surface area contributed by atoms with E-state index in [1.807, 2.05) is 24.4 Å². The van der Waals surface area contributed by atoms with Crippen LogP contribution in [-0.4, -0.2) is 16.8 Å². The molecule has 4 nitrogen and oxygen atoms in total. The average Bonchev–Trinajstić information content (AvgIpc) is 3.20. The van der Waals surface area contributed by atoms with E-state index in [1.54, 1.807) is 0 Å². The molecular weight excluding hydrogens is 276 g/mol. The van der Waals surface area contributed by atoms with Gasteiger partial charge in [0.1, 0.15) is 0 Å². The van der Waals surface area contributed by atoms with Crippen molar-refractivity contribution in [2.75, 3.05) is 6.79 Å². The van der Waals surface area contributed by atoms with Crippen LogP contribution < -0.4 is 9.47 Å².